The van der Waals surface area contributed by atoms with Gasteiger partial charge in [0, 0.05) is 0 Å². The lowest BCUT2D eigenvalue weighted by molar-refractivity contribution is 0.341. The molecule has 0 spiro atoms. The van der Waals surface area contributed by atoms with Gasteiger partial charge in [0.1, 0.15) is 0 Å². The van der Waals surface area contributed by atoms with Crippen LogP contribution >= 0.6 is 0 Å². The first kappa shape index (κ1) is 17.7. The monoisotopic (exact) mass is 308 g/mol. The summed E-state index contributed by atoms with van der Waals surface area (Å²) < 4.78 is 24.3. The number of allylic oxidation sites excluding steroid dienone is 3. The summed E-state index contributed by atoms with van der Waals surface area (Å²) in [5, 5.41) is 8.77. The fourth-order valence-electron chi connectivity index (χ4n) is 1.95. The van der Waals surface area contributed by atoms with Crippen molar-refractivity contribution >= 4 is 9.84 Å². The van der Waals surface area contributed by atoms with Crippen molar-refractivity contribution < 1.29 is 13.5 Å². The average molecular weight is 308 g/mol. The van der Waals surface area contributed by atoms with E-state index in [4.69, 9.17) is 5.11 Å². The number of rotatable bonds is 8. The Kier molecular flexibility index (Phi) is 7.40. The molecule has 0 bridgehead atoms. The van der Waals surface area contributed by atoms with Gasteiger partial charge in [-0.15, -0.1) is 0 Å². The van der Waals surface area contributed by atoms with E-state index in [-0.39, 0.29) is 12.4 Å². The number of hydrogen-bond donors (Lipinski definition) is 1. The van der Waals surface area contributed by atoms with E-state index in [2.05, 4.69) is 6.08 Å². The summed E-state index contributed by atoms with van der Waals surface area (Å²) in [6.07, 6.45) is 6.20. The standard InChI is InChI=1S/C17H24O3S/c1-15(11-13-18)7-6-8-16(2)12-14-21(19,20)17-9-4-3-5-10-17/h3-5,8-11,18H,6-7,12-14H2,1-2H3/b15-11+,16-8+. The Morgan fingerprint density at radius 1 is 1.05 bits per heavy atom. The fraction of sp³-hybridized carbons (Fsp3) is 0.412. The lowest BCUT2D eigenvalue weighted by atomic mass is 10.1. The zero-order chi connectivity index (χ0) is 15.7. The van der Waals surface area contributed by atoms with E-state index in [0.717, 1.165) is 24.0 Å². The normalized spacial score (nSPS) is 13.5. The van der Waals surface area contributed by atoms with Crippen molar-refractivity contribution in [2.24, 2.45) is 0 Å². The van der Waals surface area contributed by atoms with E-state index in [1.165, 1.54) is 0 Å². The fourth-order valence-corrected chi connectivity index (χ4v) is 3.35. The molecule has 1 rings (SSSR count). The zero-order valence-corrected chi connectivity index (χ0v) is 13.6. The highest BCUT2D eigenvalue weighted by atomic mass is 32.2. The number of hydrogen-bond acceptors (Lipinski definition) is 3. The third-order valence-corrected chi connectivity index (χ3v) is 5.07. The van der Waals surface area contributed by atoms with Crippen molar-refractivity contribution in [3.05, 3.63) is 53.6 Å². The zero-order valence-electron chi connectivity index (χ0n) is 12.7. The maximum atomic E-state index is 12.1. The van der Waals surface area contributed by atoms with Crippen LogP contribution < -0.4 is 0 Å². The largest absolute Gasteiger partial charge is 0.392 e. The molecule has 21 heavy (non-hydrogen) atoms. The van der Waals surface area contributed by atoms with Gasteiger partial charge in [-0.1, -0.05) is 41.5 Å². The number of benzene rings is 1. The van der Waals surface area contributed by atoms with Crippen molar-refractivity contribution in [2.75, 3.05) is 12.4 Å². The van der Waals surface area contributed by atoms with Gasteiger partial charge >= 0.3 is 0 Å². The first-order valence-corrected chi connectivity index (χ1v) is 8.81. The van der Waals surface area contributed by atoms with Crippen molar-refractivity contribution in [1.29, 1.82) is 0 Å². The van der Waals surface area contributed by atoms with E-state index >= 15 is 0 Å². The van der Waals surface area contributed by atoms with Crippen LogP contribution in [-0.2, 0) is 9.84 Å². The van der Waals surface area contributed by atoms with Gasteiger partial charge in [0.25, 0.3) is 0 Å². The highest BCUT2D eigenvalue weighted by Gasteiger charge is 2.13. The minimum absolute atomic E-state index is 0.0733. The van der Waals surface area contributed by atoms with Gasteiger partial charge in [-0.3, -0.25) is 0 Å². The molecule has 0 saturated heterocycles. The smallest absolute Gasteiger partial charge is 0.178 e. The Morgan fingerprint density at radius 3 is 2.29 bits per heavy atom. The molecular weight excluding hydrogens is 284 g/mol. The predicted molar refractivity (Wildman–Crippen MR) is 86.9 cm³/mol. The minimum atomic E-state index is -3.19. The van der Waals surface area contributed by atoms with Gasteiger partial charge in [0.15, 0.2) is 9.84 Å². The van der Waals surface area contributed by atoms with Crippen LogP contribution in [0.4, 0.5) is 0 Å². The Balaban J connectivity index is 2.49. The van der Waals surface area contributed by atoms with E-state index in [1.54, 1.807) is 30.3 Å². The molecule has 0 aromatic heterocycles. The van der Waals surface area contributed by atoms with Crippen LogP contribution in [0.25, 0.3) is 0 Å². The minimum Gasteiger partial charge on any atom is -0.392 e. The molecule has 116 valence electrons. The summed E-state index contributed by atoms with van der Waals surface area (Å²) in [7, 11) is -3.19. The summed E-state index contributed by atoms with van der Waals surface area (Å²) in [6.45, 7) is 4.02. The average Bonchev–Trinajstić information content (AvgIpc) is 2.46. The van der Waals surface area contributed by atoms with E-state index in [1.807, 2.05) is 19.9 Å². The van der Waals surface area contributed by atoms with Crippen molar-refractivity contribution in [2.45, 2.75) is 38.0 Å². The van der Waals surface area contributed by atoms with Crippen molar-refractivity contribution in [3.63, 3.8) is 0 Å². The van der Waals surface area contributed by atoms with Gasteiger partial charge in [-0.2, -0.15) is 0 Å². The molecule has 0 unspecified atom stereocenters. The number of aliphatic hydroxyl groups excluding tert-OH is 1. The molecule has 3 nitrogen and oxygen atoms in total. The summed E-state index contributed by atoms with van der Waals surface area (Å²) in [5.41, 5.74) is 2.24. The van der Waals surface area contributed by atoms with Crippen LogP contribution in [-0.4, -0.2) is 25.9 Å². The molecule has 0 fully saturated rings. The molecule has 0 aliphatic carbocycles. The molecule has 0 aliphatic heterocycles. The molecule has 0 amide bonds. The van der Waals surface area contributed by atoms with Crippen LogP contribution in [0.2, 0.25) is 0 Å². The maximum absolute atomic E-state index is 12.1. The number of sulfone groups is 1. The van der Waals surface area contributed by atoms with Crippen molar-refractivity contribution in [3.8, 4) is 0 Å². The highest BCUT2D eigenvalue weighted by Crippen LogP contribution is 2.14. The summed E-state index contributed by atoms with van der Waals surface area (Å²) in [5.74, 6) is 0.144. The van der Waals surface area contributed by atoms with Gasteiger partial charge < -0.3 is 5.11 Å². The van der Waals surface area contributed by atoms with Crippen LogP contribution in [0.1, 0.15) is 33.1 Å². The molecule has 0 aliphatic rings. The number of aliphatic hydroxyl groups is 1. The lowest BCUT2D eigenvalue weighted by Crippen LogP contribution is -2.07. The van der Waals surface area contributed by atoms with Crippen LogP contribution in [0, 0.1) is 0 Å². The maximum Gasteiger partial charge on any atom is 0.178 e. The second-order valence-corrected chi connectivity index (χ2v) is 7.31. The topological polar surface area (TPSA) is 54.4 Å². The van der Waals surface area contributed by atoms with Crippen molar-refractivity contribution in [1.82, 2.24) is 0 Å². The Hall–Kier alpha value is -1.39. The Morgan fingerprint density at radius 2 is 1.67 bits per heavy atom. The van der Waals surface area contributed by atoms with Gasteiger partial charge in [0.2, 0.25) is 0 Å². The third kappa shape index (κ3) is 6.74. The summed E-state index contributed by atoms with van der Waals surface area (Å²) in [4.78, 5) is 0.388. The quantitative estimate of drug-likeness (QED) is 0.748. The molecule has 4 heteroatoms. The Labute approximate surface area is 127 Å². The summed E-state index contributed by atoms with van der Waals surface area (Å²) >= 11 is 0. The van der Waals surface area contributed by atoms with Gasteiger partial charge in [-0.25, -0.2) is 8.42 Å². The molecule has 0 atom stereocenters. The SMILES string of the molecule is C/C(=C\CO)CC/C=C(\C)CCS(=O)(=O)c1ccccc1. The first-order valence-electron chi connectivity index (χ1n) is 7.15. The second kappa shape index (κ2) is 8.80. The third-order valence-electron chi connectivity index (χ3n) is 3.34. The van der Waals surface area contributed by atoms with E-state index < -0.39 is 9.84 Å². The van der Waals surface area contributed by atoms with E-state index in [9.17, 15) is 8.42 Å². The van der Waals surface area contributed by atoms with Gasteiger partial charge in [0.05, 0.1) is 17.3 Å². The van der Waals surface area contributed by atoms with Gasteiger partial charge in [-0.05, 0) is 45.2 Å². The van der Waals surface area contributed by atoms with Crippen LogP contribution in [0.3, 0.4) is 0 Å². The van der Waals surface area contributed by atoms with E-state index in [0.29, 0.717) is 11.3 Å². The molecule has 1 N–H and O–H groups in total. The summed E-state index contributed by atoms with van der Waals surface area (Å²) in [6, 6.07) is 8.57. The molecule has 1 aromatic carbocycles. The lowest BCUT2D eigenvalue weighted by Gasteiger charge is -2.05. The predicted octanol–water partition coefficient (Wildman–Crippen LogP) is 3.52. The molecule has 0 heterocycles. The highest BCUT2D eigenvalue weighted by molar-refractivity contribution is 7.91. The van der Waals surface area contributed by atoms with Crippen LogP contribution in [0.5, 0.6) is 0 Å². The first-order chi connectivity index (χ1) is 9.95. The van der Waals surface area contributed by atoms with Crippen LogP contribution in [0.15, 0.2) is 58.5 Å². The molecule has 1 aromatic rings. The second-order valence-electron chi connectivity index (χ2n) is 5.20. The molecule has 0 saturated carbocycles. The molecular formula is C17H24O3S. The molecule has 0 radical (unpaired) electrons. The Bertz CT molecular complexity index is 584.